The number of amides is 4. The lowest BCUT2D eigenvalue weighted by molar-refractivity contribution is 0.0187. The first-order chi connectivity index (χ1) is 15.7. The average Bonchev–Trinajstić information content (AvgIpc) is 3.42. The molecular weight excluding hydrogens is 422 g/mol. The second-order valence-corrected chi connectivity index (χ2v) is 9.39. The lowest BCUT2D eigenvalue weighted by Crippen LogP contribution is -2.42. The molecule has 0 radical (unpaired) electrons. The average molecular weight is 454 g/mol. The van der Waals surface area contributed by atoms with Crippen molar-refractivity contribution in [3.63, 3.8) is 0 Å². The van der Waals surface area contributed by atoms with Gasteiger partial charge in [0, 0.05) is 49.8 Å². The van der Waals surface area contributed by atoms with E-state index in [9.17, 15) is 14.4 Å². The molecule has 9 nitrogen and oxygen atoms in total. The first-order valence-electron chi connectivity index (χ1n) is 11.3. The number of nitrogens with zero attached hydrogens (tertiary/aromatic N) is 3. The number of carbonyl (C=O) groups excluding carboxylic acids is 3. The Morgan fingerprint density at radius 3 is 2.52 bits per heavy atom. The van der Waals surface area contributed by atoms with E-state index in [0.29, 0.717) is 37.6 Å². The van der Waals surface area contributed by atoms with Gasteiger partial charge in [-0.15, -0.1) is 0 Å². The van der Waals surface area contributed by atoms with E-state index in [4.69, 9.17) is 4.74 Å². The summed E-state index contributed by atoms with van der Waals surface area (Å²) in [6.07, 6.45) is 3.10. The van der Waals surface area contributed by atoms with Gasteiger partial charge in [0.05, 0.1) is 0 Å². The maximum atomic E-state index is 13.1. The van der Waals surface area contributed by atoms with Crippen molar-refractivity contribution in [2.24, 2.45) is 0 Å². The standard InChI is InChI=1S/C24H31N5O4/c1-24(2,3)33-23(32)27-13-9-18(10-14-27)28-12-5-8-20(28)21(30)26-17-6-4-7-19(16-17)29-15-11-25-22(29)31/h4-8,12,16,18H,9-11,13-15H2,1-3H3,(H,25,31)(H,26,30). The van der Waals surface area contributed by atoms with Crippen LogP contribution in [0.5, 0.6) is 0 Å². The molecular formula is C24H31N5O4. The Balaban J connectivity index is 1.39. The van der Waals surface area contributed by atoms with Crippen LogP contribution >= 0.6 is 0 Å². The van der Waals surface area contributed by atoms with E-state index in [2.05, 4.69) is 10.6 Å². The van der Waals surface area contributed by atoms with Crippen molar-refractivity contribution in [1.82, 2.24) is 14.8 Å². The number of nitrogens with one attached hydrogen (secondary N) is 2. The topological polar surface area (TPSA) is 95.9 Å². The van der Waals surface area contributed by atoms with E-state index >= 15 is 0 Å². The van der Waals surface area contributed by atoms with Crippen LogP contribution in [0.1, 0.15) is 50.1 Å². The highest BCUT2D eigenvalue weighted by Crippen LogP contribution is 2.27. The largest absolute Gasteiger partial charge is 0.444 e. The monoisotopic (exact) mass is 453 g/mol. The number of piperidine rings is 1. The van der Waals surface area contributed by atoms with E-state index < -0.39 is 5.60 Å². The highest BCUT2D eigenvalue weighted by Gasteiger charge is 2.29. The lowest BCUT2D eigenvalue weighted by Gasteiger charge is -2.34. The molecule has 2 saturated heterocycles. The second-order valence-electron chi connectivity index (χ2n) is 9.39. The number of hydrogen-bond donors (Lipinski definition) is 2. The third-order valence-corrected chi connectivity index (χ3v) is 5.79. The Bertz CT molecular complexity index is 1030. The number of hydrogen-bond acceptors (Lipinski definition) is 4. The van der Waals surface area contributed by atoms with Crippen LogP contribution in [-0.2, 0) is 4.74 Å². The van der Waals surface area contributed by atoms with Gasteiger partial charge < -0.3 is 24.8 Å². The minimum atomic E-state index is -0.518. The van der Waals surface area contributed by atoms with Crippen molar-refractivity contribution < 1.29 is 19.1 Å². The molecule has 3 heterocycles. The zero-order valence-corrected chi connectivity index (χ0v) is 19.3. The Morgan fingerprint density at radius 1 is 1.09 bits per heavy atom. The van der Waals surface area contributed by atoms with Crippen molar-refractivity contribution in [3.05, 3.63) is 48.3 Å². The van der Waals surface area contributed by atoms with Gasteiger partial charge in [0.25, 0.3) is 5.91 Å². The van der Waals surface area contributed by atoms with Crippen LogP contribution in [0.15, 0.2) is 42.6 Å². The van der Waals surface area contributed by atoms with Gasteiger partial charge in [-0.05, 0) is 63.9 Å². The SMILES string of the molecule is CC(C)(C)OC(=O)N1CCC(n2cccc2C(=O)Nc2cccc(N3CCNC3=O)c2)CC1. The van der Waals surface area contributed by atoms with Crippen molar-refractivity contribution in [2.75, 3.05) is 36.4 Å². The molecule has 0 unspecified atom stereocenters. The Labute approximate surface area is 193 Å². The summed E-state index contributed by atoms with van der Waals surface area (Å²) in [6.45, 7) is 7.95. The fourth-order valence-electron chi connectivity index (χ4n) is 4.22. The van der Waals surface area contributed by atoms with Crippen molar-refractivity contribution in [1.29, 1.82) is 0 Å². The maximum absolute atomic E-state index is 13.1. The van der Waals surface area contributed by atoms with Crippen molar-refractivity contribution in [2.45, 2.75) is 45.3 Å². The summed E-state index contributed by atoms with van der Waals surface area (Å²) in [6, 6.07) is 10.9. The molecule has 33 heavy (non-hydrogen) atoms. The summed E-state index contributed by atoms with van der Waals surface area (Å²) in [5.41, 5.74) is 1.42. The van der Waals surface area contributed by atoms with Gasteiger partial charge in [-0.25, -0.2) is 9.59 Å². The smallest absolute Gasteiger partial charge is 0.410 e. The predicted molar refractivity (Wildman–Crippen MR) is 126 cm³/mol. The Hall–Kier alpha value is -3.49. The molecule has 4 rings (SSSR count). The van der Waals surface area contributed by atoms with Crippen LogP contribution in [0.25, 0.3) is 0 Å². The molecule has 2 aliphatic heterocycles. The van der Waals surface area contributed by atoms with Gasteiger partial charge in [0.15, 0.2) is 0 Å². The molecule has 2 N–H and O–H groups in total. The third kappa shape index (κ3) is 5.30. The number of likely N-dealkylation sites (tertiary alicyclic amines) is 1. The minimum absolute atomic E-state index is 0.124. The molecule has 0 saturated carbocycles. The number of aromatic nitrogens is 1. The fourth-order valence-corrected chi connectivity index (χ4v) is 4.22. The zero-order valence-electron chi connectivity index (χ0n) is 19.3. The number of rotatable bonds is 4. The summed E-state index contributed by atoms with van der Waals surface area (Å²) in [5.74, 6) is -0.211. The highest BCUT2D eigenvalue weighted by atomic mass is 16.6. The van der Waals surface area contributed by atoms with Crippen LogP contribution in [-0.4, -0.2) is 59.3 Å². The fraction of sp³-hybridized carbons (Fsp3) is 0.458. The molecule has 1 aromatic carbocycles. The minimum Gasteiger partial charge on any atom is -0.444 e. The Kier molecular flexibility index (Phi) is 6.31. The normalized spacial score (nSPS) is 17.1. The van der Waals surface area contributed by atoms with E-state index in [0.717, 1.165) is 18.5 Å². The maximum Gasteiger partial charge on any atom is 0.410 e. The van der Waals surface area contributed by atoms with Crippen LogP contribution in [0, 0.1) is 0 Å². The van der Waals surface area contributed by atoms with E-state index in [1.165, 1.54) is 0 Å². The molecule has 0 bridgehead atoms. The van der Waals surface area contributed by atoms with Gasteiger partial charge in [-0.2, -0.15) is 0 Å². The summed E-state index contributed by atoms with van der Waals surface area (Å²) < 4.78 is 7.46. The summed E-state index contributed by atoms with van der Waals surface area (Å²) in [7, 11) is 0. The molecule has 2 aliphatic rings. The highest BCUT2D eigenvalue weighted by molar-refractivity contribution is 6.04. The van der Waals surface area contributed by atoms with E-state index in [1.54, 1.807) is 21.9 Å². The number of anilines is 2. The number of urea groups is 1. The van der Waals surface area contributed by atoms with Gasteiger partial charge in [0.2, 0.25) is 0 Å². The van der Waals surface area contributed by atoms with E-state index in [-0.39, 0.29) is 24.1 Å². The number of benzene rings is 1. The molecule has 0 atom stereocenters. The predicted octanol–water partition coefficient (Wildman–Crippen LogP) is 3.84. The Morgan fingerprint density at radius 2 is 1.85 bits per heavy atom. The van der Waals surface area contributed by atoms with Gasteiger partial charge in [0.1, 0.15) is 11.3 Å². The van der Waals surface area contributed by atoms with Gasteiger partial charge >= 0.3 is 12.1 Å². The van der Waals surface area contributed by atoms with Crippen LogP contribution < -0.4 is 15.5 Å². The van der Waals surface area contributed by atoms with Crippen molar-refractivity contribution in [3.8, 4) is 0 Å². The van der Waals surface area contributed by atoms with Crippen LogP contribution in [0.4, 0.5) is 21.0 Å². The molecule has 9 heteroatoms. The molecule has 176 valence electrons. The first-order valence-corrected chi connectivity index (χ1v) is 11.3. The molecule has 2 fully saturated rings. The molecule has 1 aromatic heterocycles. The van der Waals surface area contributed by atoms with Crippen LogP contribution in [0.3, 0.4) is 0 Å². The summed E-state index contributed by atoms with van der Waals surface area (Å²) >= 11 is 0. The van der Waals surface area contributed by atoms with E-state index in [1.807, 2.05) is 55.8 Å². The molecule has 0 spiro atoms. The molecule has 4 amide bonds. The van der Waals surface area contributed by atoms with Crippen LogP contribution in [0.2, 0.25) is 0 Å². The number of carbonyl (C=O) groups is 3. The van der Waals surface area contributed by atoms with Gasteiger partial charge in [-0.1, -0.05) is 6.07 Å². The van der Waals surface area contributed by atoms with Crippen molar-refractivity contribution >= 4 is 29.4 Å². The third-order valence-electron chi connectivity index (χ3n) is 5.79. The zero-order chi connectivity index (χ0) is 23.6. The number of ether oxygens (including phenoxy) is 1. The molecule has 2 aromatic rings. The quantitative estimate of drug-likeness (QED) is 0.735. The first kappa shape index (κ1) is 22.7. The van der Waals surface area contributed by atoms with Gasteiger partial charge in [-0.3, -0.25) is 9.69 Å². The second kappa shape index (κ2) is 9.17. The molecule has 0 aliphatic carbocycles. The lowest BCUT2D eigenvalue weighted by atomic mass is 10.0. The summed E-state index contributed by atoms with van der Waals surface area (Å²) in [5, 5.41) is 5.73. The summed E-state index contributed by atoms with van der Waals surface area (Å²) in [4.78, 5) is 40.7.